The average molecular weight is 263 g/mol. The van der Waals surface area contributed by atoms with Crippen LogP contribution in [-0.2, 0) is 6.61 Å². The highest BCUT2D eigenvalue weighted by atomic mass is 16.5. The van der Waals surface area contributed by atoms with E-state index < -0.39 is 0 Å². The van der Waals surface area contributed by atoms with Gasteiger partial charge in [0.05, 0.1) is 5.69 Å². The summed E-state index contributed by atoms with van der Waals surface area (Å²) < 4.78 is 5.59. The number of pyridine rings is 3. The molecule has 0 amide bonds. The minimum atomic E-state index is 0.417. The Morgan fingerprint density at radius 2 is 1.75 bits per heavy atom. The molecule has 3 heterocycles. The molecule has 98 valence electrons. The summed E-state index contributed by atoms with van der Waals surface area (Å²) >= 11 is 0. The van der Waals surface area contributed by atoms with Crippen molar-refractivity contribution < 1.29 is 4.74 Å². The van der Waals surface area contributed by atoms with Crippen LogP contribution in [0.15, 0.2) is 67.3 Å². The third-order valence-electron chi connectivity index (χ3n) is 2.83. The Hall–Kier alpha value is -2.75. The minimum Gasteiger partial charge on any atom is -0.471 e. The molecule has 0 atom stereocenters. The van der Waals surface area contributed by atoms with Crippen LogP contribution in [0.2, 0.25) is 0 Å². The summed E-state index contributed by atoms with van der Waals surface area (Å²) in [7, 11) is 0. The Morgan fingerprint density at radius 1 is 0.800 bits per heavy atom. The number of nitrogens with zero attached hydrogens (tertiary/aromatic N) is 3. The Morgan fingerprint density at radius 3 is 2.45 bits per heavy atom. The summed E-state index contributed by atoms with van der Waals surface area (Å²) in [6.45, 7) is 0.417. The van der Waals surface area contributed by atoms with E-state index in [4.69, 9.17) is 4.74 Å². The zero-order valence-corrected chi connectivity index (χ0v) is 10.8. The highest BCUT2D eigenvalue weighted by Crippen LogP contribution is 2.19. The van der Waals surface area contributed by atoms with Gasteiger partial charge in [-0.25, -0.2) is 4.98 Å². The predicted molar refractivity (Wildman–Crippen MR) is 76.0 cm³/mol. The fourth-order valence-electron chi connectivity index (χ4n) is 1.80. The molecule has 0 bridgehead atoms. The lowest BCUT2D eigenvalue weighted by molar-refractivity contribution is 0.289. The molecular formula is C16H13N3O. The number of ether oxygens (including phenoxy) is 1. The van der Waals surface area contributed by atoms with Gasteiger partial charge >= 0.3 is 0 Å². The summed E-state index contributed by atoms with van der Waals surface area (Å²) in [6, 6.07) is 13.5. The molecule has 3 rings (SSSR count). The van der Waals surface area contributed by atoms with Crippen LogP contribution in [0.4, 0.5) is 0 Å². The zero-order chi connectivity index (χ0) is 13.6. The monoisotopic (exact) mass is 263 g/mol. The first-order valence-electron chi connectivity index (χ1n) is 6.31. The average Bonchev–Trinajstić information content (AvgIpc) is 2.55. The molecular weight excluding hydrogens is 250 g/mol. The molecule has 0 spiro atoms. The molecule has 0 N–H and O–H groups in total. The van der Waals surface area contributed by atoms with Crippen LogP contribution in [0.25, 0.3) is 11.1 Å². The van der Waals surface area contributed by atoms with E-state index in [0.717, 1.165) is 16.8 Å². The molecule has 4 heteroatoms. The van der Waals surface area contributed by atoms with Crippen LogP contribution >= 0.6 is 0 Å². The van der Waals surface area contributed by atoms with Crippen molar-refractivity contribution >= 4 is 0 Å². The van der Waals surface area contributed by atoms with E-state index >= 15 is 0 Å². The summed E-state index contributed by atoms with van der Waals surface area (Å²) in [5.41, 5.74) is 2.94. The molecule has 0 aliphatic carbocycles. The van der Waals surface area contributed by atoms with Gasteiger partial charge in [0.25, 0.3) is 0 Å². The lowest BCUT2D eigenvalue weighted by Crippen LogP contribution is -1.98. The molecule has 0 aliphatic rings. The van der Waals surface area contributed by atoms with E-state index in [2.05, 4.69) is 15.0 Å². The van der Waals surface area contributed by atoms with Crippen LogP contribution in [-0.4, -0.2) is 15.0 Å². The summed E-state index contributed by atoms with van der Waals surface area (Å²) in [5, 5.41) is 0. The number of hydrogen-bond acceptors (Lipinski definition) is 4. The van der Waals surface area contributed by atoms with Gasteiger partial charge in [0.1, 0.15) is 6.61 Å². The molecule has 0 saturated heterocycles. The van der Waals surface area contributed by atoms with Gasteiger partial charge in [0.2, 0.25) is 5.88 Å². The van der Waals surface area contributed by atoms with Gasteiger partial charge in [0, 0.05) is 42.0 Å². The first-order chi connectivity index (χ1) is 9.92. The zero-order valence-electron chi connectivity index (χ0n) is 10.8. The van der Waals surface area contributed by atoms with Gasteiger partial charge in [-0.1, -0.05) is 12.1 Å². The Balaban J connectivity index is 1.68. The van der Waals surface area contributed by atoms with E-state index in [-0.39, 0.29) is 0 Å². The minimum absolute atomic E-state index is 0.417. The summed E-state index contributed by atoms with van der Waals surface area (Å²) in [5.74, 6) is 0.586. The van der Waals surface area contributed by atoms with Crippen molar-refractivity contribution in [2.75, 3.05) is 0 Å². The van der Waals surface area contributed by atoms with Gasteiger partial charge in [-0.2, -0.15) is 0 Å². The van der Waals surface area contributed by atoms with Crippen LogP contribution in [0.5, 0.6) is 5.88 Å². The van der Waals surface area contributed by atoms with Crippen molar-refractivity contribution in [3.8, 4) is 17.0 Å². The van der Waals surface area contributed by atoms with Crippen molar-refractivity contribution in [2.24, 2.45) is 0 Å². The Labute approximate surface area is 117 Å². The number of aromatic nitrogens is 3. The largest absolute Gasteiger partial charge is 0.471 e. The van der Waals surface area contributed by atoms with Gasteiger partial charge < -0.3 is 4.74 Å². The first-order valence-corrected chi connectivity index (χ1v) is 6.31. The lowest BCUT2D eigenvalue weighted by atomic mass is 10.1. The molecule has 4 nitrogen and oxygen atoms in total. The smallest absolute Gasteiger partial charge is 0.213 e. The lowest BCUT2D eigenvalue weighted by Gasteiger charge is -2.05. The van der Waals surface area contributed by atoms with Gasteiger partial charge in [-0.3, -0.25) is 9.97 Å². The maximum Gasteiger partial charge on any atom is 0.213 e. The molecule has 0 saturated carbocycles. The first kappa shape index (κ1) is 12.3. The molecule has 0 unspecified atom stereocenters. The highest BCUT2D eigenvalue weighted by Gasteiger charge is 2.00. The Bertz CT molecular complexity index is 654. The van der Waals surface area contributed by atoms with E-state index in [0.29, 0.717) is 12.5 Å². The van der Waals surface area contributed by atoms with Crippen molar-refractivity contribution in [3.63, 3.8) is 0 Å². The van der Waals surface area contributed by atoms with Crippen LogP contribution in [0, 0.1) is 0 Å². The fraction of sp³-hybridized carbons (Fsp3) is 0.0625. The maximum absolute atomic E-state index is 5.59. The van der Waals surface area contributed by atoms with Crippen molar-refractivity contribution in [2.45, 2.75) is 6.61 Å². The standard InChI is InChI=1S/C16H13N3O/c1-2-9-18-15(5-1)12-20-16-7-6-14(11-19-16)13-4-3-8-17-10-13/h1-11H,12H2. The summed E-state index contributed by atoms with van der Waals surface area (Å²) in [4.78, 5) is 12.6. The molecule has 20 heavy (non-hydrogen) atoms. The van der Waals surface area contributed by atoms with Crippen molar-refractivity contribution in [1.29, 1.82) is 0 Å². The highest BCUT2D eigenvalue weighted by molar-refractivity contribution is 5.61. The predicted octanol–water partition coefficient (Wildman–Crippen LogP) is 3.12. The van der Waals surface area contributed by atoms with E-state index in [9.17, 15) is 0 Å². The van der Waals surface area contributed by atoms with Crippen molar-refractivity contribution in [3.05, 3.63) is 72.9 Å². The molecule has 3 aromatic rings. The number of rotatable bonds is 4. The third-order valence-corrected chi connectivity index (χ3v) is 2.83. The molecule has 0 fully saturated rings. The van der Waals surface area contributed by atoms with E-state index in [1.165, 1.54) is 0 Å². The topological polar surface area (TPSA) is 47.9 Å². The van der Waals surface area contributed by atoms with Gasteiger partial charge in [0.15, 0.2) is 0 Å². The maximum atomic E-state index is 5.59. The molecule has 0 aliphatic heterocycles. The normalized spacial score (nSPS) is 10.2. The molecule has 0 radical (unpaired) electrons. The van der Waals surface area contributed by atoms with Crippen LogP contribution in [0.1, 0.15) is 5.69 Å². The molecule has 3 aromatic heterocycles. The van der Waals surface area contributed by atoms with Gasteiger partial charge in [-0.15, -0.1) is 0 Å². The van der Waals surface area contributed by atoms with E-state index in [1.807, 2.05) is 48.7 Å². The van der Waals surface area contributed by atoms with Crippen LogP contribution < -0.4 is 4.74 Å². The number of hydrogen-bond donors (Lipinski definition) is 0. The van der Waals surface area contributed by atoms with E-state index in [1.54, 1.807) is 18.6 Å². The fourth-order valence-corrected chi connectivity index (χ4v) is 1.80. The van der Waals surface area contributed by atoms with Gasteiger partial charge in [-0.05, 0) is 24.3 Å². The SMILES string of the molecule is c1ccc(COc2ccc(-c3cccnc3)cn2)nc1. The second kappa shape index (κ2) is 5.93. The third kappa shape index (κ3) is 2.98. The second-order valence-corrected chi connectivity index (χ2v) is 4.24. The molecule has 0 aromatic carbocycles. The quantitative estimate of drug-likeness (QED) is 0.725. The Kier molecular flexibility index (Phi) is 3.64. The van der Waals surface area contributed by atoms with Crippen molar-refractivity contribution in [1.82, 2.24) is 15.0 Å². The second-order valence-electron chi connectivity index (χ2n) is 4.24. The van der Waals surface area contributed by atoms with Crippen LogP contribution in [0.3, 0.4) is 0 Å². The summed E-state index contributed by atoms with van der Waals surface area (Å²) in [6.07, 6.45) is 7.09.